The molecule has 0 saturated heterocycles. The molecule has 2 aromatic carbocycles. The minimum Gasteiger partial charge on any atom is -0.304 e. The number of halogens is 1. The van der Waals surface area contributed by atoms with E-state index in [1.807, 2.05) is 23.9 Å². The Morgan fingerprint density at radius 1 is 1.19 bits per heavy atom. The minimum atomic E-state index is 0.281. The van der Waals surface area contributed by atoms with Crippen molar-refractivity contribution in [2.24, 2.45) is 7.05 Å². The number of nitrogens with zero attached hydrogens (tertiary/aromatic N) is 2. The van der Waals surface area contributed by atoms with Crippen molar-refractivity contribution in [2.75, 3.05) is 0 Å². The first-order chi connectivity index (χ1) is 10.1. The van der Waals surface area contributed by atoms with E-state index in [0.29, 0.717) is 0 Å². The summed E-state index contributed by atoms with van der Waals surface area (Å²) in [5.41, 5.74) is 3.53. The zero-order chi connectivity index (χ0) is 14.8. The zero-order valence-corrected chi connectivity index (χ0v) is 13.8. The van der Waals surface area contributed by atoms with Gasteiger partial charge in [0.05, 0.1) is 11.2 Å². The lowest BCUT2D eigenvalue weighted by atomic mass is 10.1. The Hall–Kier alpha value is -1.65. The number of nitrogens with one attached hydrogen (secondary N) is 1. The molecule has 0 radical (unpaired) electrons. The Morgan fingerprint density at radius 2 is 2.00 bits per heavy atom. The minimum absolute atomic E-state index is 0.281. The van der Waals surface area contributed by atoms with E-state index in [9.17, 15) is 0 Å². The second-order valence-corrected chi connectivity index (χ2v) is 6.16. The van der Waals surface area contributed by atoms with Crippen LogP contribution in [0.3, 0.4) is 0 Å². The number of aromatic nitrogens is 2. The SMILES string of the molecule is CC(NCc1nn(C)c2ccccc12)c1cccc(Br)c1. The van der Waals surface area contributed by atoms with Gasteiger partial charge in [0.2, 0.25) is 0 Å². The molecular formula is C17H18BrN3. The summed E-state index contributed by atoms with van der Waals surface area (Å²) in [5, 5.41) is 9.39. The van der Waals surface area contributed by atoms with Crippen LogP contribution in [-0.4, -0.2) is 9.78 Å². The summed E-state index contributed by atoms with van der Waals surface area (Å²) in [6, 6.07) is 17.0. The largest absolute Gasteiger partial charge is 0.304 e. The molecule has 1 aromatic heterocycles. The van der Waals surface area contributed by atoms with Gasteiger partial charge in [0.15, 0.2) is 0 Å². The second kappa shape index (κ2) is 6.00. The van der Waals surface area contributed by atoms with Gasteiger partial charge < -0.3 is 5.32 Å². The summed E-state index contributed by atoms with van der Waals surface area (Å²) in [6.07, 6.45) is 0. The van der Waals surface area contributed by atoms with Crippen LogP contribution >= 0.6 is 15.9 Å². The summed E-state index contributed by atoms with van der Waals surface area (Å²) in [6.45, 7) is 2.93. The molecule has 0 amide bonds. The van der Waals surface area contributed by atoms with Gasteiger partial charge in [0.25, 0.3) is 0 Å². The molecule has 0 bridgehead atoms. The molecule has 21 heavy (non-hydrogen) atoms. The molecule has 0 aliphatic heterocycles. The van der Waals surface area contributed by atoms with Gasteiger partial charge in [0, 0.05) is 29.5 Å². The first-order valence-electron chi connectivity index (χ1n) is 7.04. The lowest BCUT2D eigenvalue weighted by Crippen LogP contribution is -2.18. The van der Waals surface area contributed by atoms with E-state index in [4.69, 9.17) is 0 Å². The highest BCUT2D eigenvalue weighted by atomic mass is 79.9. The summed E-state index contributed by atoms with van der Waals surface area (Å²) < 4.78 is 3.05. The van der Waals surface area contributed by atoms with Crippen LogP contribution in [0.1, 0.15) is 24.2 Å². The topological polar surface area (TPSA) is 29.9 Å². The van der Waals surface area contributed by atoms with E-state index >= 15 is 0 Å². The van der Waals surface area contributed by atoms with E-state index in [0.717, 1.165) is 16.7 Å². The number of aryl methyl sites for hydroxylation is 1. The quantitative estimate of drug-likeness (QED) is 0.769. The van der Waals surface area contributed by atoms with Gasteiger partial charge in [-0.05, 0) is 30.7 Å². The molecule has 1 heterocycles. The molecule has 1 unspecified atom stereocenters. The highest BCUT2D eigenvalue weighted by Gasteiger charge is 2.10. The lowest BCUT2D eigenvalue weighted by Gasteiger charge is -2.13. The number of fused-ring (bicyclic) bond motifs is 1. The van der Waals surface area contributed by atoms with Crippen molar-refractivity contribution in [2.45, 2.75) is 19.5 Å². The molecule has 0 aliphatic carbocycles. The van der Waals surface area contributed by atoms with Crippen LogP contribution in [0, 0.1) is 0 Å². The third-order valence-electron chi connectivity index (χ3n) is 3.76. The second-order valence-electron chi connectivity index (χ2n) is 5.25. The number of hydrogen-bond acceptors (Lipinski definition) is 2. The van der Waals surface area contributed by atoms with Crippen molar-refractivity contribution in [1.82, 2.24) is 15.1 Å². The predicted octanol–water partition coefficient (Wildman–Crippen LogP) is 4.19. The van der Waals surface area contributed by atoms with Crippen molar-refractivity contribution in [1.29, 1.82) is 0 Å². The Labute approximate surface area is 133 Å². The molecule has 3 rings (SSSR count). The average Bonchev–Trinajstić information content (AvgIpc) is 2.82. The van der Waals surface area contributed by atoms with E-state index < -0.39 is 0 Å². The van der Waals surface area contributed by atoms with E-state index in [1.165, 1.54) is 16.5 Å². The van der Waals surface area contributed by atoms with Gasteiger partial charge in [-0.1, -0.05) is 46.3 Å². The van der Waals surface area contributed by atoms with Crippen molar-refractivity contribution >= 4 is 26.8 Å². The van der Waals surface area contributed by atoms with Gasteiger partial charge in [-0.3, -0.25) is 4.68 Å². The summed E-state index contributed by atoms with van der Waals surface area (Å²) >= 11 is 3.52. The number of para-hydroxylation sites is 1. The third kappa shape index (κ3) is 3.01. The standard InChI is InChI=1S/C17H18BrN3/c1-12(13-6-5-7-14(18)10-13)19-11-16-15-8-3-4-9-17(15)21(2)20-16/h3-10,12,19H,11H2,1-2H3. The molecule has 1 N–H and O–H groups in total. The summed E-state index contributed by atoms with van der Waals surface area (Å²) in [4.78, 5) is 0. The fourth-order valence-corrected chi connectivity index (χ4v) is 2.98. The smallest absolute Gasteiger partial charge is 0.0841 e. The maximum atomic E-state index is 4.62. The highest BCUT2D eigenvalue weighted by molar-refractivity contribution is 9.10. The summed E-state index contributed by atoms with van der Waals surface area (Å²) in [7, 11) is 1.99. The van der Waals surface area contributed by atoms with Crippen molar-refractivity contribution in [3.05, 3.63) is 64.3 Å². The fraction of sp³-hybridized carbons (Fsp3) is 0.235. The molecule has 0 saturated carbocycles. The van der Waals surface area contributed by atoms with Gasteiger partial charge in [-0.2, -0.15) is 5.10 Å². The van der Waals surface area contributed by atoms with Crippen LogP contribution < -0.4 is 5.32 Å². The molecule has 108 valence electrons. The van der Waals surface area contributed by atoms with E-state index in [2.05, 4.69) is 69.7 Å². The maximum absolute atomic E-state index is 4.62. The molecule has 3 aromatic rings. The average molecular weight is 344 g/mol. The summed E-state index contributed by atoms with van der Waals surface area (Å²) in [5.74, 6) is 0. The molecule has 0 aliphatic rings. The first kappa shape index (κ1) is 14.3. The van der Waals surface area contributed by atoms with Crippen LogP contribution in [0.15, 0.2) is 53.0 Å². The number of benzene rings is 2. The Morgan fingerprint density at radius 3 is 2.81 bits per heavy atom. The van der Waals surface area contributed by atoms with Crippen molar-refractivity contribution in [3.63, 3.8) is 0 Å². The maximum Gasteiger partial charge on any atom is 0.0841 e. The van der Waals surface area contributed by atoms with Crippen LogP contribution in [0.5, 0.6) is 0 Å². The van der Waals surface area contributed by atoms with E-state index in [1.54, 1.807) is 0 Å². The number of hydrogen-bond donors (Lipinski definition) is 1. The lowest BCUT2D eigenvalue weighted by molar-refractivity contribution is 0.563. The van der Waals surface area contributed by atoms with Crippen LogP contribution in [0.4, 0.5) is 0 Å². The van der Waals surface area contributed by atoms with Gasteiger partial charge in [-0.15, -0.1) is 0 Å². The van der Waals surface area contributed by atoms with Gasteiger partial charge in [-0.25, -0.2) is 0 Å². The van der Waals surface area contributed by atoms with Crippen molar-refractivity contribution < 1.29 is 0 Å². The molecule has 0 fully saturated rings. The van der Waals surface area contributed by atoms with Crippen LogP contribution in [0.2, 0.25) is 0 Å². The zero-order valence-electron chi connectivity index (χ0n) is 12.2. The Bertz CT molecular complexity index is 764. The molecule has 4 heteroatoms. The predicted molar refractivity (Wildman–Crippen MR) is 90.1 cm³/mol. The van der Waals surface area contributed by atoms with Gasteiger partial charge >= 0.3 is 0 Å². The van der Waals surface area contributed by atoms with Crippen LogP contribution in [-0.2, 0) is 13.6 Å². The Kier molecular flexibility index (Phi) is 4.08. The monoisotopic (exact) mass is 343 g/mol. The first-order valence-corrected chi connectivity index (χ1v) is 7.84. The van der Waals surface area contributed by atoms with Gasteiger partial charge in [0.1, 0.15) is 0 Å². The highest BCUT2D eigenvalue weighted by Crippen LogP contribution is 2.20. The van der Waals surface area contributed by atoms with E-state index in [-0.39, 0.29) is 6.04 Å². The molecule has 3 nitrogen and oxygen atoms in total. The van der Waals surface area contributed by atoms with Crippen LogP contribution in [0.25, 0.3) is 10.9 Å². The molecular weight excluding hydrogens is 326 g/mol. The van der Waals surface area contributed by atoms with Crippen molar-refractivity contribution in [3.8, 4) is 0 Å². The number of rotatable bonds is 4. The normalized spacial score (nSPS) is 12.7. The third-order valence-corrected chi connectivity index (χ3v) is 4.25. The molecule has 1 atom stereocenters. The molecule has 0 spiro atoms. The fourth-order valence-electron chi connectivity index (χ4n) is 2.56. The Balaban J connectivity index is 1.77.